The van der Waals surface area contributed by atoms with E-state index in [-0.39, 0.29) is 18.3 Å². The smallest absolute Gasteiger partial charge is 0.251 e. The molecule has 1 fully saturated rings. The van der Waals surface area contributed by atoms with Crippen molar-refractivity contribution < 1.29 is 19.0 Å². The molecule has 0 saturated carbocycles. The van der Waals surface area contributed by atoms with Gasteiger partial charge in [0.15, 0.2) is 0 Å². The van der Waals surface area contributed by atoms with Crippen LogP contribution in [-0.4, -0.2) is 64.2 Å². The highest BCUT2D eigenvalue weighted by Gasteiger charge is 2.28. The summed E-state index contributed by atoms with van der Waals surface area (Å²) in [5.41, 5.74) is 5.20. The lowest BCUT2D eigenvalue weighted by Gasteiger charge is -2.47. The van der Waals surface area contributed by atoms with Gasteiger partial charge in [-0.1, -0.05) is 60.2 Å². The SMILES string of the molecule is CCNc1cc(C(=O)N[C@@H](Cc2ccccc2)[C@@H](O)CNCCc2ccc(C)cc2)cc(N2CCCCS2(O)O)c1.Cl. The number of aryl methyl sites for hydroxylation is 1. The minimum atomic E-state index is -2.94. The molecule has 1 amide bonds. The summed E-state index contributed by atoms with van der Waals surface area (Å²) in [6.07, 6.45) is 2.11. The number of halogens is 1. The Kier molecular flexibility index (Phi) is 13.0. The standard InChI is InChI=1S/C32H44N4O4S.ClH/c1-3-34-28-20-27(21-29(22-28)36-17-7-8-18-41(36,39)40)32(38)35-30(19-26-9-5-4-6-10-26)31(37)23-33-16-15-25-13-11-24(2)12-14-25;/h4-6,9-14,20-22,30-31,33-34,37,39-40H,3,7-8,15-19,23H2,1-2H3,(H,35,38);1H/t30-,31-;/m0./s1. The fraction of sp³-hybridized carbons (Fsp3) is 0.406. The first-order valence-electron chi connectivity index (χ1n) is 14.5. The number of aliphatic hydroxyl groups is 1. The summed E-state index contributed by atoms with van der Waals surface area (Å²) in [6.45, 7) is 6.26. The van der Waals surface area contributed by atoms with Crippen molar-refractivity contribution in [2.24, 2.45) is 0 Å². The molecule has 0 radical (unpaired) electrons. The van der Waals surface area contributed by atoms with Crippen molar-refractivity contribution in [2.45, 2.75) is 51.7 Å². The van der Waals surface area contributed by atoms with Gasteiger partial charge in [0.1, 0.15) is 0 Å². The van der Waals surface area contributed by atoms with Crippen LogP contribution in [0, 0.1) is 6.92 Å². The first-order valence-corrected chi connectivity index (χ1v) is 16.1. The van der Waals surface area contributed by atoms with E-state index in [4.69, 9.17) is 0 Å². The van der Waals surface area contributed by atoms with Crippen molar-refractivity contribution in [3.63, 3.8) is 0 Å². The molecule has 8 nitrogen and oxygen atoms in total. The Labute approximate surface area is 257 Å². The van der Waals surface area contributed by atoms with Crippen LogP contribution in [0.2, 0.25) is 0 Å². The van der Waals surface area contributed by atoms with Gasteiger partial charge < -0.3 is 21.1 Å². The maximum atomic E-state index is 13.6. The molecule has 0 unspecified atom stereocenters. The Bertz CT molecular complexity index is 1260. The van der Waals surface area contributed by atoms with Crippen molar-refractivity contribution in [1.29, 1.82) is 0 Å². The molecule has 1 heterocycles. The van der Waals surface area contributed by atoms with E-state index < -0.39 is 22.9 Å². The van der Waals surface area contributed by atoms with E-state index in [9.17, 15) is 19.0 Å². The predicted octanol–water partition coefficient (Wildman–Crippen LogP) is 5.65. The molecule has 42 heavy (non-hydrogen) atoms. The zero-order chi connectivity index (χ0) is 29.2. The number of amides is 1. The molecular weight excluding hydrogens is 572 g/mol. The average molecular weight is 617 g/mol. The van der Waals surface area contributed by atoms with Crippen LogP contribution < -0.4 is 20.3 Å². The number of benzene rings is 3. The molecule has 0 aromatic heterocycles. The van der Waals surface area contributed by atoms with E-state index in [1.165, 1.54) is 11.1 Å². The third-order valence-corrected chi connectivity index (χ3v) is 9.31. The van der Waals surface area contributed by atoms with Crippen LogP contribution in [0.3, 0.4) is 0 Å². The number of nitrogens with zero attached hydrogens (tertiary/aromatic N) is 1. The molecular formula is C32H45ClN4O4S. The van der Waals surface area contributed by atoms with Crippen molar-refractivity contribution in [3.05, 3.63) is 95.1 Å². The van der Waals surface area contributed by atoms with E-state index in [1.54, 1.807) is 16.4 Å². The van der Waals surface area contributed by atoms with Gasteiger partial charge in [-0.3, -0.25) is 18.2 Å². The molecule has 4 rings (SSSR count). The summed E-state index contributed by atoms with van der Waals surface area (Å²) >= 11 is 0. The number of hydrogen-bond donors (Lipinski definition) is 6. The highest BCUT2D eigenvalue weighted by molar-refractivity contribution is 8.25. The Morgan fingerprint density at radius 3 is 2.43 bits per heavy atom. The number of nitrogens with one attached hydrogen (secondary N) is 3. The van der Waals surface area contributed by atoms with Crippen molar-refractivity contribution in [1.82, 2.24) is 10.6 Å². The molecule has 0 spiro atoms. The van der Waals surface area contributed by atoms with Gasteiger partial charge in [-0.2, -0.15) is 0 Å². The molecule has 10 heteroatoms. The van der Waals surface area contributed by atoms with Gasteiger partial charge in [-0.25, -0.2) is 0 Å². The van der Waals surface area contributed by atoms with Gasteiger partial charge in [-0.05, 0) is 75.4 Å². The van der Waals surface area contributed by atoms with E-state index in [2.05, 4.69) is 47.1 Å². The summed E-state index contributed by atoms with van der Waals surface area (Å²) in [5.74, 6) is 0.00139. The third kappa shape index (κ3) is 9.62. The molecule has 1 saturated heterocycles. The fourth-order valence-corrected chi connectivity index (χ4v) is 6.76. The van der Waals surface area contributed by atoms with E-state index in [1.807, 2.05) is 43.3 Å². The van der Waals surface area contributed by atoms with Crippen LogP contribution in [-0.2, 0) is 12.8 Å². The zero-order valence-electron chi connectivity index (χ0n) is 24.5. The van der Waals surface area contributed by atoms with Gasteiger partial charge in [-0.15, -0.1) is 23.2 Å². The molecule has 230 valence electrons. The molecule has 1 aliphatic rings. The minimum Gasteiger partial charge on any atom is -0.390 e. The second kappa shape index (κ2) is 16.2. The van der Waals surface area contributed by atoms with Crippen LogP contribution in [0.15, 0.2) is 72.8 Å². The van der Waals surface area contributed by atoms with Gasteiger partial charge in [0.25, 0.3) is 5.91 Å². The first-order chi connectivity index (χ1) is 19.7. The molecule has 1 aliphatic heterocycles. The number of carbonyl (C=O) groups is 1. The lowest BCUT2D eigenvalue weighted by Crippen LogP contribution is -2.49. The van der Waals surface area contributed by atoms with Gasteiger partial charge >= 0.3 is 0 Å². The normalized spacial score (nSPS) is 16.5. The summed E-state index contributed by atoms with van der Waals surface area (Å²) in [5, 5.41) is 20.9. The number of hydrogen-bond acceptors (Lipinski definition) is 7. The van der Waals surface area contributed by atoms with Crippen LogP contribution in [0.1, 0.15) is 46.8 Å². The number of anilines is 2. The maximum Gasteiger partial charge on any atom is 0.251 e. The Hall–Kier alpha value is -2.79. The quantitative estimate of drug-likeness (QED) is 0.137. The monoisotopic (exact) mass is 616 g/mol. The van der Waals surface area contributed by atoms with Crippen LogP contribution in [0.5, 0.6) is 0 Å². The van der Waals surface area contributed by atoms with Crippen LogP contribution >= 0.6 is 23.2 Å². The Balaban J connectivity index is 0.00000484. The summed E-state index contributed by atoms with van der Waals surface area (Å²) in [7, 11) is -2.94. The summed E-state index contributed by atoms with van der Waals surface area (Å²) in [6, 6.07) is 23.0. The van der Waals surface area contributed by atoms with Gasteiger partial charge in [0.2, 0.25) is 0 Å². The number of rotatable bonds is 13. The molecule has 0 aliphatic carbocycles. The Morgan fingerprint density at radius 2 is 1.74 bits per heavy atom. The van der Waals surface area contributed by atoms with Crippen molar-refractivity contribution in [2.75, 3.05) is 41.6 Å². The number of aliphatic hydroxyl groups excluding tert-OH is 1. The summed E-state index contributed by atoms with van der Waals surface area (Å²) < 4.78 is 23.1. The minimum absolute atomic E-state index is 0. The molecule has 0 bridgehead atoms. The second-order valence-electron chi connectivity index (χ2n) is 10.7. The van der Waals surface area contributed by atoms with Crippen LogP contribution in [0.25, 0.3) is 0 Å². The van der Waals surface area contributed by atoms with Gasteiger partial charge in [0, 0.05) is 30.9 Å². The molecule has 3 aromatic carbocycles. The van der Waals surface area contributed by atoms with Crippen LogP contribution in [0.4, 0.5) is 11.4 Å². The molecule has 2 atom stereocenters. The maximum absolute atomic E-state index is 13.6. The average Bonchev–Trinajstić information content (AvgIpc) is 2.96. The Morgan fingerprint density at radius 1 is 1.00 bits per heavy atom. The van der Waals surface area contributed by atoms with Crippen molar-refractivity contribution >= 4 is 40.5 Å². The van der Waals surface area contributed by atoms with E-state index >= 15 is 0 Å². The topological polar surface area (TPSA) is 117 Å². The van der Waals surface area contributed by atoms with E-state index in [0.717, 1.165) is 30.5 Å². The highest BCUT2D eigenvalue weighted by Crippen LogP contribution is 2.50. The van der Waals surface area contributed by atoms with Crippen molar-refractivity contribution in [3.8, 4) is 0 Å². The molecule has 3 aromatic rings. The fourth-order valence-electron chi connectivity index (χ4n) is 5.08. The largest absolute Gasteiger partial charge is 0.390 e. The predicted molar refractivity (Wildman–Crippen MR) is 177 cm³/mol. The number of carbonyl (C=O) groups excluding carboxylic acids is 1. The first kappa shape index (κ1) is 33.7. The summed E-state index contributed by atoms with van der Waals surface area (Å²) in [4.78, 5) is 13.6. The zero-order valence-corrected chi connectivity index (χ0v) is 26.1. The lowest BCUT2D eigenvalue weighted by atomic mass is 10.00. The molecule has 6 N–H and O–H groups in total. The lowest BCUT2D eigenvalue weighted by molar-refractivity contribution is 0.0831. The highest BCUT2D eigenvalue weighted by atomic mass is 35.5. The van der Waals surface area contributed by atoms with Gasteiger partial charge in [0.05, 0.1) is 23.6 Å². The third-order valence-electron chi connectivity index (χ3n) is 7.38. The van der Waals surface area contributed by atoms with E-state index in [0.29, 0.717) is 49.6 Å². The second-order valence-corrected chi connectivity index (χ2v) is 12.8.